The highest BCUT2D eigenvalue weighted by Gasteiger charge is 2.30. The summed E-state index contributed by atoms with van der Waals surface area (Å²) < 4.78 is 5.88. The minimum Gasteiger partial charge on any atom is -0.478 e. The molecule has 0 aliphatic carbocycles. The molecule has 0 saturated carbocycles. The van der Waals surface area contributed by atoms with Crippen LogP contribution in [0.15, 0.2) is 60.7 Å². The Morgan fingerprint density at radius 3 is 2.10 bits per heavy atom. The molecule has 4 aromatic rings. The van der Waals surface area contributed by atoms with Crippen molar-refractivity contribution < 1.29 is 9.53 Å². The molecular formula is C23H20Cl2N4O2. The van der Waals surface area contributed by atoms with Crippen molar-refractivity contribution in [3.8, 4) is 11.4 Å². The number of ether oxygens (including phenoxy) is 1. The van der Waals surface area contributed by atoms with Gasteiger partial charge >= 0.3 is 0 Å². The van der Waals surface area contributed by atoms with Crippen molar-refractivity contribution in [2.24, 2.45) is 0 Å². The number of carbonyl (C=O) groups excluding carboxylic acids is 1. The van der Waals surface area contributed by atoms with Gasteiger partial charge in [0.25, 0.3) is 5.91 Å². The normalized spacial score (nSPS) is 11.5. The lowest BCUT2D eigenvalue weighted by molar-refractivity contribution is -0.128. The number of aryl methyl sites for hydroxylation is 1. The molecule has 4 rings (SSSR count). The Bertz CT molecular complexity index is 1250. The predicted octanol–water partition coefficient (Wildman–Crippen LogP) is 5.83. The van der Waals surface area contributed by atoms with Crippen LogP contribution in [0.5, 0.6) is 5.75 Å². The summed E-state index contributed by atoms with van der Waals surface area (Å²) in [5.41, 5.74) is 2.59. The number of hydrogen-bond acceptors (Lipinski definition) is 4. The lowest BCUT2D eigenvalue weighted by atomic mass is 10.1. The number of nitrogens with zero attached hydrogens (tertiary/aromatic N) is 3. The monoisotopic (exact) mass is 454 g/mol. The zero-order valence-corrected chi connectivity index (χ0v) is 18.7. The number of rotatable bonds is 5. The van der Waals surface area contributed by atoms with Crippen LogP contribution in [0.25, 0.3) is 16.7 Å². The summed E-state index contributed by atoms with van der Waals surface area (Å²) in [6.45, 7) is 5.33. The predicted molar refractivity (Wildman–Crippen MR) is 123 cm³/mol. The SMILES string of the molecule is Cc1cc2nn(-c3ccc(Cl)cc3)nc2cc1NC(=O)C(C)(C)Oc1ccc(Cl)cc1. The summed E-state index contributed by atoms with van der Waals surface area (Å²) in [7, 11) is 0. The topological polar surface area (TPSA) is 69.0 Å². The van der Waals surface area contributed by atoms with Crippen molar-refractivity contribution in [3.05, 3.63) is 76.3 Å². The highest BCUT2D eigenvalue weighted by Crippen LogP contribution is 2.26. The molecule has 6 nitrogen and oxygen atoms in total. The van der Waals surface area contributed by atoms with Crippen LogP contribution >= 0.6 is 23.2 Å². The molecule has 0 atom stereocenters. The zero-order valence-electron chi connectivity index (χ0n) is 17.2. The minimum atomic E-state index is -1.10. The molecule has 1 N–H and O–H groups in total. The van der Waals surface area contributed by atoms with Crippen LogP contribution in [-0.4, -0.2) is 26.5 Å². The van der Waals surface area contributed by atoms with Gasteiger partial charge in [-0.05, 0) is 87.0 Å². The van der Waals surface area contributed by atoms with E-state index in [1.54, 1.807) is 61.1 Å². The van der Waals surface area contributed by atoms with E-state index in [4.69, 9.17) is 27.9 Å². The molecule has 31 heavy (non-hydrogen) atoms. The van der Waals surface area contributed by atoms with Crippen molar-refractivity contribution in [2.75, 3.05) is 5.32 Å². The summed E-state index contributed by atoms with van der Waals surface area (Å²) in [5, 5.41) is 13.2. The summed E-state index contributed by atoms with van der Waals surface area (Å²) in [5.74, 6) is 0.276. The first-order chi connectivity index (χ1) is 14.7. The molecule has 8 heteroatoms. The Kier molecular flexibility index (Phi) is 5.60. The average Bonchev–Trinajstić information content (AvgIpc) is 3.13. The molecule has 0 aliphatic heterocycles. The van der Waals surface area contributed by atoms with E-state index < -0.39 is 5.60 Å². The van der Waals surface area contributed by atoms with E-state index in [2.05, 4.69) is 15.5 Å². The fraction of sp³-hybridized carbons (Fsp3) is 0.174. The van der Waals surface area contributed by atoms with Gasteiger partial charge in [-0.2, -0.15) is 4.80 Å². The van der Waals surface area contributed by atoms with Crippen molar-refractivity contribution in [1.29, 1.82) is 0 Å². The molecule has 0 bridgehead atoms. The fourth-order valence-electron chi connectivity index (χ4n) is 3.01. The molecule has 0 unspecified atom stereocenters. The quantitative estimate of drug-likeness (QED) is 0.411. The van der Waals surface area contributed by atoms with Gasteiger partial charge in [0.2, 0.25) is 0 Å². The standard InChI is InChI=1S/C23H20Cl2N4O2/c1-14-12-20-21(28-29(27-20)17-8-4-15(24)5-9-17)13-19(14)26-22(30)23(2,3)31-18-10-6-16(25)7-11-18/h4-13H,1-3H3,(H,26,30). The van der Waals surface area contributed by atoms with Crippen LogP contribution in [-0.2, 0) is 4.79 Å². The molecule has 1 heterocycles. The number of halogens is 2. The van der Waals surface area contributed by atoms with E-state index in [9.17, 15) is 4.79 Å². The smallest absolute Gasteiger partial charge is 0.267 e. The molecule has 0 fully saturated rings. The first kappa shape index (κ1) is 21.2. The maximum atomic E-state index is 12.9. The second-order valence-electron chi connectivity index (χ2n) is 7.64. The van der Waals surface area contributed by atoms with Gasteiger partial charge in [0.15, 0.2) is 5.60 Å². The number of carbonyl (C=O) groups is 1. The molecule has 1 amide bonds. The Morgan fingerprint density at radius 1 is 0.935 bits per heavy atom. The number of fused-ring (bicyclic) bond motifs is 1. The highest BCUT2D eigenvalue weighted by atomic mass is 35.5. The molecule has 0 saturated heterocycles. The minimum absolute atomic E-state index is 0.282. The van der Waals surface area contributed by atoms with Gasteiger partial charge in [-0.1, -0.05) is 23.2 Å². The lowest BCUT2D eigenvalue weighted by Crippen LogP contribution is -2.42. The van der Waals surface area contributed by atoms with Gasteiger partial charge in [0.1, 0.15) is 16.8 Å². The molecule has 1 aromatic heterocycles. The first-order valence-corrected chi connectivity index (χ1v) is 10.4. The number of amides is 1. The van der Waals surface area contributed by atoms with Gasteiger partial charge in [0, 0.05) is 15.7 Å². The fourth-order valence-corrected chi connectivity index (χ4v) is 3.26. The largest absolute Gasteiger partial charge is 0.478 e. The van der Waals surface area contributed by atoms with E-state index in [-0.39, 0.29) is 5.91 Å². The summed E-state index contributed by atoms with van der Waals surface area (Å²) in [4.78, 5) is 14.5. The molecule has 158 valence electrons. The maximum Gasteiger partial charge on any atom is 0.267 e. The molecule has 0 spiro atoms. The van der Waals surface area contributed by atoms with Crippen LogP contribution in [0.1, 0.15) is 19.4 Å². The van der Waals surface area contributed by atoms with E-state index in [1.807, 2.05) is 25.1 Å². The number of nitrogens with one attached hydrogen (secondary N) is 1. The second-order valence-corrected chi connectivity index (χ2v) is 8.51. The lowest BCUT2D eigenvalue weighted by Gasteiger charge is -2.25. The Hall–Kier alpha value is -3.09. The van der Waals surface area contributed by atoms with Crippen LogP contribution in [0.4, 0.5) is 5.69 Å². The van der Waals surface area contributed by atoms with E-state index >= 15 is 0 Å². The van der Waals surface area contributed by atoms with Crippen molar-refractivity contribution in [3.63, 3.8) is 0 Å². The zero-order chi connectivity index (χ0) is 22.2. The number of hydrogen-bond donors (Lipinski definition) is 1. The second kappa shape index (κ2) is 8.21. The van der Waals surface area contributed by atoms with Gasteiger partial charge in [-0.15, -0.1) is 10.2 Å². The van der Waals surface area contributed by atoms with E-state index in [0.717, 1.165) is 16.8 Å². The maximum absolute atomic E-state index is 12.9. The molecule has 3 aromatic carbocycles. The van der Waals surface area contributed by atoms with E-state index in [1.165, 1.54) is 0 Å². The average molecular weight is 455 g/mol. The Morgan fingerprint density at radius 2 is 1.48 bits per heavy atom. The van der Waals surface area contributed by atoms with Crippen LogP contribution in [0.2, 0.25) is 10.0 Å². The summed E-state index contributed by atoms with van der Waals surface area (Å²) in [6, 6.07) is 17.8. The van der Waals surface area contributed by atoms with Gasteiger partial charge in [0.05, 0.1) is 5.69 Å². The third kappa shape index (κ3) is 4.65. The number of aromatic nitrogens is 3. The van der Waals surface area contributed by atoms with Crippen molar-refractivity contribution >= 4 is 45.8 Å². The Balaban J connectivity index is 1.57. The summed E-state index contributed by atoms with van der Waals surface area (Å²) in [6.07, 6.45) is 0. The summed E-state index contributed by atoms with van der Waals surface area (Å²) >= 11 is 11.9. The van der Waals surface area contributed by atoms with Gasteiger partial charge < -0.3 is 10.1 Å². The van der Waals surface area contributed by atoms with E-state index in [0.29, 0.717) is 27.0 Å². The number of benzene rings is 3. The highest BCUT2D eigenvalue weighted by molar-refractivity contribution is 6.30. The Labute approximate surface area is 189 Å². The third-order valence-electron chi connectivity index (χ3n) is 4.77. The third-order valence-corrected chi connectivity index (χ3v) is 5.27. The first-order valence-electron chi connectivity index (χ1n) is 9.61. The van der Waals surface area contributed by atoms with Crippen LogP contribution in [0, 0.1) is 6.92 Å². The van der Waals surface area contributed by atoms with Crippen LogP contribution in [0.3, 0.4) is 0 Å². The van der Waals surface area contributed by atoms with Crippen molar-refractivity contribution in [1.82, 2.24) is 15.0 Å². The molecule has 0 radical (unpaired) electrons. The molecule has 0 aliphatic rings. The van der Waals surface area contributed by atoms with Gasteiger partial charge in [-0.25, -0.2) is 0 Å². The number of anilines is 1. The van der Waals surface area contributed by atoms with Gasteiger partial charge in [-0.3, -0.25) is 4.79 Å². The molecular weight excluding hydrogens is 435 g/mol. The van der Waals surface area contributed by atoms with Crippen molar-refractivity contribution in [2.45, 2.75) is 26.4 Å². The van der Waals surface area contributed by atoms with Crippen LogP contribution < -0.4 is 10.1 Å².